The van der Waals surface area contributed by atoms with Crippen LogP contribution in [0.1, 0.15) is 39.9 Å². The second-order valence-electron chi connectivity index (χ2n) is 4.71. The molecule has 2 aromatic heterocycles. The molecule has 0 atom stereocenters. The number of sulfonamides is 1. The highest BCUT2D eigenvalue weighted by molar-refractivity contribution is 7.93. The van der Waals surface area contributed by atoms with Gasteiger partial charge >= 0.3 is 12.0 Å². The number of anilines is 1. The molecule has 0 unspecified atom stereocenters. The molecule has 1 saturated carbocycles. The van der Waals surface area contributed by atoms with E-state index in [1.165, 1.54) is 12.3 Å². The van der Waals surface area contributed by atoms with E-state index in [1.807, 2.05) is 0 Å². The molecule has 2 N–H and O–H groups in total. The Labute approximate surface area is 123 Å². The summed E-state index contributed by atoms with van der Waals surface area (Å²) in [5.74, 6) is -0.695. The minimum absolute atomic E-state index is 0.202. The number of carboxylic acids is 1. The number of thiophene rings is 1. The molecule has 10 heteroatoms. The van der Waals surface area contributed by atoms with Crippen LogP contribution in [0, 0.1) is 6.92 Å². The molecule has 112 valence electrons. The zero-order valence-corrected chi connectivity index (χ0v) is 12.5. The molecule has 0 saturated heterocycles. The van der Waals surface area contributed by atoms with Gasteiger partial charge in [0.2, 0.25) is 5.89 Å². The van der Waals surface area contributed by atoms with Gasteiger partial charge in [-0.15, -0.1) is 16.4 Å². The largest absolute Gasteiger partial charge is 0.477 e. The summed E-state index contributed by atoms with van der Waals surface area (Å²) in [7, 11) is -4.08. The third kappa shape index (κ3) is 2.63. The van der Waals surface area contributed by atoms with E-state index in [0.717, 1.165) is 24.2 Å². The molecule has 2 aromatic rings. The highest BCUT2D eigenvalue weighted by atomic mass is 32.2. The van der Waals surface area contributed by atoms with Crippen molar-refractivity contribution >= 4 is 33.3 Å². The average Bonchev–Trinajstić information content (AvgIpc) is 3.01. The van der Waals surface area contributed by atoms with Crippen molar-refractivity contribution in [1.29, 1.82) is 0 Å². The summed E-state index contributed by atoms with van der Waals surface area (Å²) in [6, 6.07) is -0.251. The van der Waals surface area contributed by atoms with Crippen LogP contribution in [-0.4, -0.2) is 29.7 Å². The van der Waals surface area contributed by atoms with Gasteiger partial charge in [-0.25, -0.2) is 17.9 Å². The summed E-state index contributed by atoms with van der Waals surface area (Å²) >= 11 is 0.856. The first-order chi connectivity index (χ1) is 9.88. The lowest BCUT2D eigenvalue weighted by Crippen LogP contribution is -2.16. The van der Waals surface area contributed by atoms with Crippen LogP contribution in [0.2, 0.25) is 0 Å². The molecule has 1 aliphatic rings. The molecule has 2 heterocycles. The zero-order valence-electron chi connectivity index (χ0n) is 10.9. The minimum atomic E-state index is -4.08. The summed E-state index contributed by atoms with van der Waals surface area (Å²) in [5, 5.41) is 17.9. The summed E-state index contributed by atoms with van der Waals surface area (Å²) in [6.07, 6.45) is 1.89. The molecule has 8 nitrogen and oxygen atoms in total. The van der Waals surface area contributed by atoms with E-state index < -0.39 is 16.0 Å². The quantitative estimate of drug-likeness (QED) is 0.857. The highest BCUT2D eigenvalue weighted by Crippen LogP contribution is 2.39. The van der Waals surface area contributed by atoms with Gasteiger partial charge in [0.25, 0.3) is 10.0 Å². The predicted molar refractivity (Wildman–Crippen MR) is 73.1 cm³/mol. The summed E-state index contributed by atoms with van der Waals surface area (Å²) < 4.78 is 32.0. The minimum Gasteiger partial charge on any atom is -0.477 e. The number of aryl methyl sites for hydroxylation is 1. The average molecular weight is 329 g/mol. The van der Waals surface area contributed by atoms with Crippen molar-refractivity contribution < 1.29 is 22.7 Å². The van der Waals surface area contributed by atoms with E-state index in [9.17, 15) is 13.2 Å². The normalized spacial score (nSPS) is 15.1. The molecule has 0 bridgehead atoms. The third-order valence-electron chi connectivity index (χ3n) is 2.97. The van der Waals surface area contributed by atoms with Crippen LogP contribution in [0.15, 0.2) is 14.7 Å². The van der Waals surface area contributed by atoms with E-state index in [0.29, 0.717) is 11.5 Å². The van der Waals surface area contributed by atoms with E-state index in [-0.39, 0.29) is 21.7 Å². The molecule has 1 fully saturated rings. The van der Waals surface area contributed by atoms with E-state index in [4.69, 9.17) is 9.52 Å². The Morgan fingerprint density at radius 2 is 2.19 bits per heavy atom. The van der Waals surface area contributed by atoms with Crippen molar-refractivity contribution in [3.8, 4) is 0 Å². The molecular formula is C11H11N3O5S2. The van der Waals surface area contributed by atoms with Gasteiger partial charge in [0.05, 0.1) is 0 Å². The number of hydrogen-bond donors (Lipinski definition) is 2. The number of aromatic nitrogens is 2. The Bertz CT molecular complexity index is 804. The second kappa shape index (κ2) is 4.81. The fourth-order valence-electron chi connectivity index (χ4n) is 1.85. The van der Waals surface area contributed by atoms with E-state index >= 15 is 0 Å². The number of carbonyl (C=O) groups is 1. The summed E-state index contributed by atoms with van der Waals surface area (Å²) in [5.41, 5.74) is 0.354. The van der Waals surface area contributed by atoms with Gasteiger partial charge in [-0.1, -0.05) is 5.10 Å². The molecule has 0 radical (unpaired) electrons. The fourth-order valence-corrected chi connectivity index (χ4v) is 4.41. The van der Waals surface area contributed by atoms with Gasteiger partial charge in [0.1, 0.15) is 9.77 Å². The first-order valence-electron chi connectivity index (χ1n) is 6.06. The Morgan fingerprint density at radius 1 is 1.48 bits per heavy atom. The van der Waals surface area contributed by atoms with Crippen LogP contribution < -0.4 is 4.72 Å². The standard InChI is InChI=1S/C11H11N3O5S2/c1-5-4-20-7(10(15)16)8(5)21(17,18)14-11-13-12-9(19-11)6-2-3-6/h4,6H,2-3H2,1H3,(H,13,14)(H,15,16). The first-order valence-corrected chi connectivity index (χ1v) is 8.42. The number of carboxylic acid groups (broad SMARTS) is 1. The van der Waals surface area contributed by atoms with Crippen molar-refractivity contribution in [2.75, 3.05) is 4.72 Å². The Kier molecular flexibility index (Phi) is 3.21. The number of nitrogens with zero attached hydrogens (tertiary/aromatic N) is 2. The monoisotopic (exact) mass is 329 g/mol. The highest BCUT2D eigenvalue weighted by Gasteiger charge is 2.31. The maximum absolute atomic E-state index is 12.3. The predicted octanol–water partition coefficient (Wildman–Crippen LogP) is 1.82. The van der Waals surface area contributed by atoms with E-state index in [1.54, 1.807) is 0 Å². The SMILES string of the molecule is Cc1csc(C(=O)O)c1S(=O)(=O)Nc1nnc(C2CC2)o1. The van der Waals surface area contributed by atoms with Crippen LogP contribution in [0.4, 0.5) is 6.01 Å². The lowest BCUT2D eigenvalue weighted by Gasteiger charge is -2.04. The van der Waals surface area contributed by atoms with Crippen LogP contribution >= 0.6 is 11.3 Å². The number of rotatable bonds is 5. The van der Waals surface area contributed by atoms with Gasteiger partial charge in [0, 0.05) is 5.92 Å². The summed E-state index contributed by atoms with van der Waals surface area (Å²) in [6.45, 7) is 1.53. The van der Waals surface area contributed by atoms with Crippen molar-refractivity contribution in [2.45, 2.75) is 30.6 Å². The molecule has 1 aliphatic carbocycles. The Balaban J connectivity index is 1.92. The zero-order chi connectivity index (χ0) is 15.2. The number of hydrogen-bond acceptors (Lipinski definition) is 7. The number of nitrogens with one attached hydrogen (secondary N) is 1. The molecule has 3 rings (SSSR count). The fraction of sp³-hybridized carbons (Fsp3) is 0.364. The summed E-state index contributed by atoms with van der Waals surface area (Å²) in [4.78, 5) is 10.6. The van der Waals surface area contributed by atoms with Crippen molar-refractivity contribution in [3.05, 3.63) is 21.7 Å². The van der Waals surface area contributed by atoms with Gasteiger partial charge in [-0.2, -0.15) is 0 Å². The van der Waals surface area contributed by atoms with Crippen LogP contribution in [0.5, 0.6) is 0 Å². The second-order valence-corrected chi connectivity index (χ2v) is 7.21. The van der Waals surface area contributed by atoms with Gasteiger partial charge in [-0.3, -0.25) is 0 Å². The van der Waals surface area contributed by atoms with Crippen LogP contribution in [0.25, 0.3) is 0 Å². The molecule has 0 aliphatic heterocycles. The van der Waals surface area contributed by atoms with Crippen molar-refractivity contribution in [1.82, 2.24) is 10.2 Å². The molecule has 0 spiro atoms. The first kappa shape index (κ1) is 14.0. The van der Waals surface area contributed by atoms with Crippen LogP contribution in [-0.2, 0) is 10.0 Å². The topological polar surface area (TPSA) is 122 Å². The maximum atomic E-state index is 12.3. The maximum Gasteiger partial charge on any atom is 0.347 e. The molecule has 0 aromatic carbocycles. The molecule has 21 heavy (non-hydrogen) atoms. The van der Waals surface area contributed by atoms with Crippen molar-refractivity contribution in [3.63, 3.8) is 0 Å². The van der Waals surface area contributed by atoms with Gasteiger partial charge in [0.15, 0.2) is 0 Å². The molecular weight excluding hydrogens is 318 g/mol. The lowest BCUT2D eigenvalue weighted by atomic mass is 10.3. The lowest BCUT2D eigenvalue weighted by molar-refractivity contribution is 0.0698. The smallest absolute Gasteiger partial charge is 0.347 e. The number of aromatic carboxylic acids is 1. The van der Waals surface area contributed by atoms with Crippen molar-refractivity contribution in [2.24, 2.45) is 0 Å². The Morgan fingerprint density at radius 3 is 2.81 bits per heavy atom. The Hall–Kier alpha value is -1.94. The van der Waals surface area contributed by atoms with Gasteiger partial charge < -0.3 is 9.52 Å². The third-order valence-corrected chi connectivity index (χ3v) is 5.69. The molecule has 0 amide bonds. The van der Waals surface area contributed by atoms with Gasteiger partial charge in [-0.05, 0) is 30.7 Å². The van der Waals surface area contributed by atoms with E-state index in [2.05, 4.69) is 14.9 Å². The van der Waals surface area contributed by atoms with Crippen LogP contribution in [0.3, 0.4) is 0 Å².